The molecule has 1 atom stereocenters. The van der Waals surface area contributed by atoms with Crippen LogP contribution in [0.1, 0.15) is 26.0 Å². The molecule has 0 aliphatic carbocycles. The zero-order valence-electron chi connectivity index (χ0n) is 11.4. The first-order valence-corrected chi connectivity index (χ1v) is 7.36. The van der Waals surface area contributed by atoms with Crippen molar-refractivity contribution in [3.8, 4) is 0 Å². The van der Waals surface area contributed by atoms with Gasteiger partial charge < -0.3 is 4.74 Å². The molecule has 0 fully saturated rings. The molecule has 0 saturated heterocycles. The number of carbonyl (C=O) groups excluding carboxylic acids is 1. The van der Waals surface area contributed by atoms with Gasteiger partial charge >= 0.3 is 5.97 Å². The van der Waals surface area contributed by atoms with Crippen molar-refractivity contribution in [3.05, 3.63) is 11.9 Å². The van der Waals surface area contributed by atoms with Gasteiger partial charge in [-0.2, -0.15) is 9.82 Å². The summed E-state index contributed by atoms with van der Waals surface area (Å²) in [5.74, 6) is -0.448. The summed E-state index contributed by atoms with van der Waals surface area (Å²) in [5, 5.41) is 6.21. The third-order valence-corrected chi connectivity index (χ3v) is 4.15. The van der Waals surface area contributed by atoms with Gasteiger partial charge in [0, 0.05) is 0 Å². The molecule has 0 amide bonds. The summed E-state index contributed by atoms with van der Waals surface area (Å²) in [7, 11) is -2.56. The van der Waals surface area contributed by atoms with Gasteiger partial charge in [0.2, 0.25) is 10.0 Å². The van der Waals surface area contributed by atoms with E-state index >= 15 is 0 Å². The fourth-order valence-corrected chi connectivity index (χ4v) is 3.00. The first-order valence-electron chi connectivity index (χ1n) is 5.88. The van der Waals surface area contributed by atoms with Gasteiger partial charge in [-0.15, -0.1) is 0 Å². The molecule has 7 nitrogen and oxygen atoms in total. The highest BCUT2D eigenvalue weighted by molar-refractivity contribution is 7.89. The van der Waals surface area contributed by atoms with E-state index in [1.807, 2.05) is 13.8 Å². The van der Waals surface area contributed by atoms with Crippen LogP contribution in [-0.4, -0.2) is 37.7 Å². The highest BCUT2D eigenvalue weighted by Crippen LogP contribution is 2.14. The smallest absolute Gasteiger partial charge is 0.323 e. The average Bonchev–Trinajstić information content (AvgIpc) is 2.73. The molecule has 0 radical (unpaired) electrons. The molecule has 1 aromatic heterocycles. The normalized spacial score (nSPS) is 13.5. The van der Waals surface area contributed by atoms with Gasteiger partial charge in [0.25, 0.3) is 0 Å². The van der Waals surface area contributed by atoms with Crippen molar-refractivity contribution in [3.63, 3.8) is 0 Å². The molecule has 0 saturated carbocycles. The Morgan fingerprint density at radius 2 is 2.16 bits per heavy atom. The molecular weight excluding hydrogens is 270 g/mol. The lowest BCUT2D eigenvalue weighted by Crippen LogP contribution is -2.42. The van der Waals surface area contributed by atoms with Gasteiger partial charge in [0.05, 0.1) is 19.0 Å². The van der Waals surface area contributed by atoms with Crippen LogP contribution in [0.2, 0.25) is 0 Å². The third kappa shape index (κ3) is 4.03. The van der Waals surface area contributed by atoms with Gasteiger partial charge in [-0.25, -0.2) is 8.42 Å². The Morgan fingerprint density at radius 1 is 1.53 bits per heavy atom. The summed E-state index contributed by atoms with van der Waals surface area (Å²) in [6, 6.07) is -0.899. The molecule has 1 aromatic rings. The lowest BCUT2D eigenvalue weighted by atomic mass is 10.1. The van der Waals surface area contributed by atoms with Crippen LogP contribution in [-0.2, 0) is 19.6 Å². The first-order chi connectivity index (χ1) is 8.77. The van der Waals surface area contributed by atoms with Crippen LogP contribution in [0.25, 0.3) is 0 Å². The monoisotopic (exact) mass is 289 g/mol. The number of carbonyl (C=O) groups is 1. The molecule has 0 aliphatic heterocycles. The zero-order chi connectivity index (χ0) is 14.6. The summed E-state index contributed by atoms with van der Waals surface area (Å²) in [4.78, 5) is 11.6. The fraction of sp³-hybridized carbons (Fsp3) is 0.636. The van der Waals surface area contributed by atoms with Crippen molar-refractivity contribution in [2.75, 3.05) is 7.11 Å². The van der Waals surface area contributed by atoms with Crippen molar-refractivity contribution in [2.45, 2.75) is 38.1 Å². The number of nitrogens with zero attached hydrogens (tertiary/aromatic N) is 1. The Bertz CT molecular complexity index is 536. The standard InChI is InChI=1S/C11H19N3O4S/c1-7(2)5-9(11(15)18-4)14-19(16,17)10-6-12-13-8(10)3/h6-7,9,14H,5H2,1-4H3,(H,12,13). The quantitative estimate of drug-likeness (QED) is 0.746. The van der Waals surface area contributed by atoms with Crippen molar-refractivity contribution in [2.24, 2.45) is 5.92 Å². The highest BCUT2D eigenvalue weighted by atomic mass is 32.2. The summed E-state index contributed by atoms with van der Waals surface area (Å²) >= 11 is 0. The van der Waals surface area contributed by atoms with E-state index in [9.17, 15) is 13.2 Å². The van der Waals surface area contributed by atoms with E-state index in [-0.39, 0.29) is 10.8 Å². The number of aryl methyl sites for hydroxylation is 1. The Morgan fingerprint density at radius 3 is 2.58 bits per heavy atom. The molecule has 2 N–H and O–H groups in total. The highest BCUT2D eigenvalue weighted by Gasteiger charge is 2.28. The second kappa shape index (κ2) is 6.16. The third-order valence-electron chi connectivity index (χ3n) is 2.56. The van der Waals surface area contributed by atoms with E-state index in [4.69, 9.17) is 0 Å². The van der Waals surface area contributed by atoms with Gasteiger partial charge in [-0.05, 0) is 19.3 Å². The molecule has 1 rings (SSSR count). The predicted octanol–water partition coefficient (Wildman–Crippen LogP) is 0.584. The summed E-state index contributed by atoms with van der Waals surface area (Å²) in [6.45, 7) is 5.39. The van der Waals surface area contributed by atoms with E-state index in [2.05, 4.69) is 19.7 Å². The Balaban J connectivity index is 2.96. The van der Waals surface area contributed by atoms with Crippen LogP contribution in [0.5, 0.6) is 0 Å². The van der Waals surface area contributed by atoms with E-state index in [1.165, 1.54) is 13.3 Å². The number of hydrogen-bond donors (Lipinski definition) is 2. The van der Waals surface area contributed by atoms with Crippen LogP contribution in [0.15, 0.2) is 11.1 Å². The van der Waals surface area contributed by atoms with Crippen molar-refractivity contribution < 1.29 is 17.9 Å². The number of methoxy groups -OCH3 is 1. The van der Waals surface area contributed by atoms with Crippen LogP contribution in [0, 0.1) is 12.8 Å². The topological polar surface area (TPSA) is 101 Å². The van der Waals surface area contributed by atoms with Gasteiger partial charge in [0.15, 0.2) is 0 Å². The molecule has 1 heterocycles. The molecule has 8 heteroatoms. The van der Waals surface area contributed by atoms with Crippen LogP contribution in [0.3, 0.4) is 0 Å². The van der Waals surface area contributed by atoms with Crippen LogP contribution >= 0.6 is 0 Å². The lowest BCUT2D eigenvalue weighted by molar-refractivity contribution is -0.143. The summed E-state index contributed by atoms with van der Waals surface area (Å²) in [6.07, 6.45) is 1.57. The van der Waals surface area contributed by atoms with Gasteiger partial charge in [-0.3, -0.25) is 9.89 Å². The molecule has 108 valence electrons. The minimum Gasteiger partial charge on any atom is -0.468 e. The Kier molecular flexibility index (Phi) is 5.07. The van der Waals surface area contributed by atoms with E-state index in [0.717, 1.165) is 0 Å². The fourth-order valence-electron chi connectivity index (χ4n) is 1.67. The van der Waals surface area contributed by atoms with Gasteiger partial charge in [-0.1, -0.05) is 13.8 Å². The van der Waals surface area contributed by atoms with Crippen molar-refractivity contribution in [1.82, 2.24) is 14.9 Å². The number of esters is 1. The molecule has 1 unspecified atom stereocenters. The second-order valence-corrected chi connectivity index (χ2v) is 6.37. The number of ether oxygens (including phenoxy) is 1. The predicted molar refractivity (Wildman–Crippen MR) is 68.9 cm³/mol. The van der Waals surface area contributed by atoms with Crippen molar-refractivity contribution in [1.29, 1.82) is 0 Å². The molecular formula is C11H19N3O4S. The average molecular weight is 289 g/mol. The summed E-state index contributed by atoms with van der Waals surface area (Å²) < 4.78 is 31.3. The van der Waals surface area contributed by atoms with Crippen LogP contribution in [0.4, 0.5) is 0 Å². The molecule has 19 heavy (non-hydrogen) atoms. The summed E-state index contributed by atoms with van der Waals surface area (Å²) in [5.41, 5.74) is 0.417. The van der Waals surface area contributed by atoms with Gasteiger partial charge in [0.1, 0.15) is 10.9 Å². The SMILES string of the molecule is COC(=O)C(CC(C)C)NS(=O)(=O)c1cn[nH]c1C. The Hall–Kier alpha value is -1.41. The molecule has 0 spiro atoms. The number of hydrogen-bond acceptors (Lipinski definition) is 5. The molecule has 0 aliphatic rings. The number of rotatable bonds is 6. The van der Waals surface area contributed by atoms with E-state index < -0.39 is 22.0 Å². The van der Waals surface area contributed by atoms with Crippen LogP contribution < -0.4 is 4.72 Å². The Labute approximate surface area is 112 Å². The number of nitrogens with one attached hydrogen (secondary N) is 2. The maximum Gasteiger partial charge on any atom is 0.323 e. The molecule has 0 bridgehead atoms. The maximum atomic E-state index is 12.1. The maximum absolute atomic E-state index is 12.1. The number of sulfonamides is 1. The minimum atomic E-state index is -3.79. The lowest BCUT2D eigenvalue weighted by Gasteiger charge is -2.18. The van der Waals surface area contributed by atoms with Crippen molar-refractivity contribution >= 4 is 16.0 Å². The zero-order valence-corrected chi connectivity index (χ0v) is 12.2. The van der Waals surface area contributed by atoms with E-state index in [0.29, 0.717) is 12.1 Å². The second-order valence-electron chi connectivity index (χ2n) is 4.69. The molecule has 0 aromatic carbocycles. The largest absolute Gasteiger partial charge is 0.468 e. The minimum absolute atomic E-state index is 0.0326. The van der Waals surface area contributed by atoms with E-state index in [1.54, 1.807) is 6.92 Å². The number of H-pyrrole nitrogens is 1. The number of aromatic nitrogens is 2. The number of aromatic amines is 1. The first kappa shape index (κ1) is 15.6.